The Labute approximate surface area is 157 Å². The van der Waals surface area contributed by atoms with Crippen molar-refractivity contribution in [3.63, 3.8) is 0 Å². The van der Waals surface area contributed by atoms with Crippen LogP contribution in [0.15, 0.2) is 72.8 Å². The molecule has 1 N–H and O–H groups in total. The number of ketones is 1. The summed E-state index contributed by atoms with van der Waals surface area (Å²) >= 11 is 0. The summed E-state index contributed by atoms with van der Waals surface area (Å²) in [4.78, 5) is 16.5. The maximum absolute atomic E-state index is 12.9. The van der Waals surface area contributed by atoms with Crippen molar-refractivity contribution in [2.24, 2.45) is 0 Å². The lowest BCUT2D eigenvalue weighted by Crippen LogP contribution is -2.17. The fourth-order valence-electron chi connectivity index (χ4n) is 2.66. The molecule has 138 valence electrons. The van der Waals surface area contributed by atoms with Gasteiger partial charge in [-0.25, -0.2) is 9.37 Å². The minimum atomic E-state index is -0.876. The molecule has 0 aliphatic carbocycles. The summed E-state index contributed by atoms with van der Waals surface area (Å²) in [5, 5.41) is 10.2. The number of ether oxygens (including phenoxy) is 1. The quantitative estimate of drug-likeness (QED) is 0.614. The van der Waals surface area contributed by atoms with E-state index in [9.17, 15) is 14.3 Å². The molecule has 0 spiro atoms. The van der Waals surface area contributed by atoms with Gasteiger partial charge >= 0.3 is 0 Å². The molecular weight excluding hydrogens is 345 g/mol. The molecule has 0 saturated heterocycles. The Morgan fingerprint density at radius 3 is 2.48 bits per heavy atom. The van der Waals surface area contributed by atoms with E-state index in [2.05, 4.69) is 4.98 Å². The van der Waals surface area contributed by atoms with Gasteiger partial charge in [-0.3, -0.25) is 4.79 Å². The van der Waals surface area contributed by atoms with Crippen molar-refractivity contribution in [3.8, 4) is 5.88 Å². The van der Waals surface area contributed by atoms with Crippen LogP contribution in [0.3, 0.4) is 0 Å². The second kappa shape index (κ2) is 9.05. The zero-order valence-electron chi connectivity index (χ0n) is 14.7. The van der Waals surface area contributed by atoms with E-state index in [0.29, 0.717) is 23.7 Å². The van der Waals surface area contributed by atoms with Gasteiger partial charge in [-0.1, -0.05) is 36.4 Å². The van der Waals surface area contributed by atoms with E-state index >= 15 is 0 Å². The number of carbonyl (C=O) groups is 1. The molecule has 1 unspecified atom stereocenters. The van der Waals surface area contributed by atoms with Crippen LogP contribution < -0.4 is 4.74 Å². The highest BCUT2D eigenvalue weighted by Gasteiger charge is 2.14. The molecule has 3 aromatic rings. The van der Waals surface area contributed by atoms with Crippen LogP contribution in [-0.2, 0) is 13.0 Å². The maximum atomic E-state index is 12.9. The third-order valence-electron chi connectivity index (χ3n) is 4.04. The molecule has 1 heterocycles. The number of Topliss-reactive ketones (excluding diaryl/α,β-unsaturated/α-hetero) is 1. The molecule has 0 aliphatic rings. The fraction of sp³-hybridized carbons (Fsp3) is 0.182. The molecule has 27 heavy (non-hydrogen) atoms. The van der Waals surface area contributed by atoms with Crippen LogP contribution in [-0.4, -0.2) is 22.0 Å². The number of hydrogen-bond donors (Lipinski definition) is 1. The normalized spacial score (nSPS) is 11.8. The lowest BCUT2D eigenvalue weighted by molar-refractivity contribution is 0.0879. The summed E-state index contributed by atoms with van der Waals surface area (Å²) in [6.45, 7) is 0.406. The summed E-state index contributed by atoms with van der Waals surface area (Å²) in [5.74, 6) is -0.170. The third-order valence-corrected chi connectivity index (χ3v) is 4.04. The van der Waals surface area contributed by atoms with E-state index in [1.807, 2.05) is 30.3 Å². The SMILES string of the molecule is O=C(CC(O)Cc1cccc(OCc2ccccc2)n1)c1ccc(F)cc1. The van der Waals surface area contributed by atoms with E-state index in [1.54, 1.807) is 18.2 Å². The van der Waals surface area contributed by atoms with Crippen LogP contribution in [0.4, 0.5) is 4.39 Å². The van der Waals surface area contributed by atoms with Crippen molar-refractivity contribution in [1.29, 1.82) is 0 Å². The van der Waals surface area contributed by atoms with Gasteiger partial charge in [-0.2, -0.15) is 0 Å². The van der Waals surface area contributed by atoms with E-state index in [4.69, 9.17) is 4.74 Å². The molecule has 2 aromatic carbocycles. The minimum absolute atomic E-state index is 0.0532. The number of carbonyl (C=O) groups excluding carboxylic acids is 1. The highest BCUT2D eigenvalue weighted by molar-refractivity contribution is 5.96. The van der Waals surface area contributed by atoms with Gasteiger partial charge in [0.25, 0.3) is 0 Å². The number of aromatic nitrogens is 1. The lowest BCUT2D eigenvalue weighted by atomic mass is 10.0. The third kappa shape index (κ3) is 5.72. The first-order valence-electron chi connectivity index (χ1n) is 8.69. The number of rotatable bonds is 8. The van der Waals surface area contributed by atoms with Gasteiger partial charge in [-0.15, -0.1) is 0 Å². The summed E-state index contributed by atoms with van der Waals surface area (Å²) in [7, 11) is 0. The average molecular weight is 365 g/mol. The monoisotopic (exact) mass is 365 g/mol. The molecule has 0 amide bonds. The van der Waals surface area contributed by atoms with Gasteiger partial charge in [-0.05, 0) is 35.9 Å². The largest absolute Gasteiger partial charge is 0.473 e. The number of hydrogen-bond acceptors (Lipinski definition) is 4. The Morgan fingerprint density at radius 2 is 1.74 bits per heavy atom. The Hall–Kier alpha value is -3.05. The number of halogens is 1. The first kappa shape index (κ1) is 18.7. The average Bonchev–Trinajstić information content (AvgIpc) is 2.68. The molecule has 3 rings (SSSR count). The van der Waals surface area contributed by atoms with Gasteiger partial charge in [0.15, 0.2) is 5.78 Å². The van der Waals surface area contributed by atoms with Gasteiger partial charge in [0.2, 0.25) is 5.88 Å². The lowest BCUT2D eigenvalue weighted by Gasteiger charge is -2.11. The molecule has 0 bridgehead atoms. The summed E-state index contributed by atoms with van der Waals surface area (Å²) in [5.41, 5.74) is 2.05. The summed E-state index contributed by atoms with van der Waals surface area (Å²) in [6, 6.07) is 20.4. The fourth-order valence-corrected chi connectivity index (χ4v) is 2.66. The van der Waals surface area contributed by atoms with Gasteiger partial charge in [0.05, 0.1) is 6.10 Å². The van der Waals surface area contributed by atoms with Gasteiger partial charge in [0, 0.05) is 30.2 Å². The van der Waals surface area contributed by atoms with Crippen LogP contribution in [0.1, 0.15) is 28.0 Å². The molecular formula is C22H20FNO3. The van der Waals surface area contributed by atoms with Crippen LogP contribution in [0.2, 0.25) is 0 Å². The number of aliphatic hydroxyl groups excluding tert-OH is 1. The Bertz CT molecular complexity index is 882. The standard InChI is InChI=1S/C22H20FNO3/c23-18-11-9-17(10-12-18)21(26)14-20(25)13-19-7-4-8-22(24-19)27-15-16-5-2-1-3-6-16/h1-12,20,25H,13-15H2. The Kier molecular flexibility index (Phi) is 6.28. The van der Waals surface area contributed by atoms with Crippen molar-refractivity contribution in [2.75, 3.05) is 0 Å². The zero-order valence-corrected chi connectivity index (χ0v) is 14.7. The first-order chi connectivity index (χ1) is 13.1. The molecule has 1 atom stereocenters. The number of pyridine rings is 1. The van der Waals surface area contributed by atoms with Crippen LogP contribution in [0, 0.1) is 5.82 Å². The zero-order chi connectivity index (χ0) is 19.1. The maximum Gasteiger partial charge on any atom is 0.213 e. The first-order valence-corrected chi connectivity index (χ1v) is 8.69. The number of nitrogens with zero attached hydrogens (tertiary/aromatic N) is 1. The molecule has 5 heteroatoms. The van der Waals surface area contributed by atoms with Crippen LogP contribution >= 0.6 is 0 Å². The Balaban J connectivity index is 1.55. The smallest absolute Gasteiger partial charge is 0.213 e. The summed E-state index contributed by atoms with van der Waals surface area (Å²) < 4.78 is 18.6. The van der Waals surface area contributed by atoms with Crippen molar-refractivity contribution >= 4 is 5.78 Å². The van der Waals surface area contributed by atoms with Crippen LogP contribution in [0.25, 0.3) is 0 Å². The van der Waals surface area contributed by atoms with Crippen molar-refractivity contribution in [1.82, 2.24) is 4.98 Å². The van der Waals surface area contributed by atoms with Crippen LogP contribution in [0.5, 0.6) is 5.88 Å². The van der Waals surface area contributed by atoms with E-state index in [1.165, 1.54) is 24.3 Å². The predicted octanol–water partition coefficient (Wildman–Crippen LogP) is 3.98. The van der Waals surface area contributed by atoms with Gasteiger partial charge < -0.3 is 9.84 Å². The number of aliphatic hydroxyl groups is 1. The van der Waals surface area contributed by atoms with E-state index < -0.39 is 11.9 Å². The minimum Gasteiger partial charge on any atom is -0.473 e. The topological polar surface area (TPSA) is 59.4 Å². The van der Waals surface area contributed by atoms with Gasteiger partial charge in [0.1, 0.15) is 12.4 Å². The summed E-state index contributed by atoms with van der Waals surface area (Å²) in [6.07, 6.45) is -0.697. The number of benzene rings is 2. The molecule has 1 aromatic heterocycles. The molecule has 0 aliphatic heterocycles. The molecule has 4 nitrogen and oxygen atoms in total. The second-order valence-corrected chi connectivity index (χ2v) is 6.23. The highest BCUT2D eigenvalue weighted by Crippen LogP contribution is 2.14. The van der Waals surface area contributed by atoms with Crippen molar-refractivity contribution < 1.29 is 19.0 Å². The molecule has 0 fully saturated rings. The Morgan fingerprint density at radius 1 is 1.00 bits per heavy atom. The second-order valence-electron chi connectivity index (χ2n) is 6.23. The molecule has 0 radical (unpaired) electrons. The van der Waals surface area contributed by atoms with Crippen molar-refractivity contribution in [3.05, 3.63) is 95.4 Å². The van der Waals surface area contributed by atoms with E-state index in [0.717, 1.165) is 5.56 Å². The molecule has 0 saturated carbocycles. The highest BCUT2D eigenvalue weighted by atomic mass is 19.1. The predicted molar refractivity (Wildman–Crippen MR) is 100 cm³/mol. The van der Waals surface area contributed by atoms with Crippen molar-refractivity contribution in [2.45, 2.75) is 25.6 Å². The van der Waals surface area contributed by atoms with E-state index in [-0.39, 0.29) is 18.6 Å².